The van der Waals surface area contributed by atoms with Crippen molar-refractivity contribution in [3.63, 3.8) is 0 Å². The Kier molecular flexibility index (Phi) is 6.92. The third-order valence-corrected chi connectivity index (χ3v) is 4.10. The van der Waals surface area contributed by atoms with Gasteiger partial charge >= 0.3 is 0 Å². The fourth-order valence-electron chi connectivity index (χ4n) is 2.35. The van der Waals surface area contributed by atoms with E-state index in [0.29, 0.717) is 10.7 Å². The molecule has 136 valence electrons. The summed E-state index contributed by atoms with van der Waals surface area (Å²) in [6.07, 6.45) is 0.156. The van der Waals surface area contributed by atoms with Crippen LogP contribution in [0.15, 0.2) is 47.6 Å². The molecule has 0 radical (unpaired) electrons. The molecule has 0 bridgehead atoms. The van der Waals surface area contributed by atoms with Crippen LogP contribution in [0.25, 0.3) is 0 Å². The molecule has 5 nitrogen and oxygen atoms in total. The highest BCUT2D eigenvalue weighted by molar-refractivity contribution is 6.30. The molecule has 0 saturated carbocycles. The molecule has 2 aromatic carbocycles. The number of hydrogen-bond donors (Lipinski definition) is 2. The van der Waals surface area contributed by atoms with Crippen LogP contribution in [-0.4, -0.2) is 17.5 Å². The number of carbonyl (C=O) groups excluding carboxylic acids is 2. The van der Waals surface area contributed by atoms with Gasteiger partial charge in [-0.1, -0.05) is 41.4 Å². The maximum atomic E-state index is 12.0. The summed E-state index contributed by atoms with van der Waals surface area (Å²) in [6, 6.07) is 13.0. The first-order valence-electron chi connectivity index (χ1n) is 8.31. The Morgan fingerprint density at radius 3 is 2.31 bits per heavy atom. The van der Waals surface area contributed by atoms with Crippen molar-refractivity contribution in [3.05, 3.63) is 64.2 Å². The molecule has 0 atom stereocenters. The number of hydrazone groups is 1. The van der Waals surface area contributed by atoms with Crippen molar-refractivity contribution < 1.29 is 9.59 Å². The number of hydrogen-bond acceptors (Lipinski definition) is 3. The second-order valence-electron chi connectivity index (χ2n) is 6.11. The molecule has 2 N–H and O–H groups in total. The van der Waals surface area contributed by atoms with E-state index < -0.39 is 0 Å². The van der Waals surface area contributed by atoms with E-state index in [0.717, 1.165) is 22.4 Å². The molecule has 0 saturated heterocycles. The van der Waals surface area contributed by atoms with Crippen molar-refractivity contribution in [1.29, 1.82) is 0 Å². The lowest BCUT2D eigenvalue weighted by Crippen LogP contribution is -2.22. The molecular weight excluding hydrogens is 350 g/mol. The maximum Gasteiger partial charge on any atom is 0.240 e. The van der Waals surface area contributed by atoms with Crippen LogP contribution in [0.4, 0.5) is 5.69 Å². The Bertz CT molecular complexity index is 829. The number of anilines is 1. The van der Waals surface area contributed by atoms with Gasteiger partial charge in [-0.15, -0.1) is 0 Å². The number of rotatable bonds is 6. The monoisotopic (exact) mass is 371 g/mol. The van der Waals surface area contributed by atoms with Crippen LogP contribution >= 0.6 is 11.6 Å². The smallest absolute Gasteiger partial charge is 0.240 e. The zero-order valence-electron chi connectivity index (χ0n) is 15.1. The third kappa shape index (κ3) is 6.01. The molecule has 2 amide bonds. The molecule has 2 aromatic rings. The van der Waals surface area contributed by atoms with Crippen molar-refractivity contribution in [1.82, 2.24) is 5.43 Å². The quantitative estimate of drug-likeness (QED) is 0.589. The second kappa shape index (κ2) is 9.15. The van der Waals surface area contributed by atoms with Crippen molar-refractivity contribution in [2.75, 3.05) is 5.32 Å². The summed E-state index contributed by atoms with van der Waals surface area (Å²) in [5, 5.41) is 7.51. The summed E-state index contributed by atoms with van der Waals surface area (Å²) in [7, 11) is 0. The van der Waals surface area contributed by atoms with Crippen molar-refractivity contribution >= 4 is 34.8 Å². The van der Waals surface area contributed by atoms with Crippen molar-refractivity contribution in [3.8, 4) is 0 Å². The van der Waals surface area contributed by atoms with E-state index in [1.807, 2.05) is 44.2 Å². The summed E-state index contributed by atoms with van der Waals surface area (Å²) in [5.41, 5.74) is 6.88. The average molecular weight is 372 g/mol. The van der Waals surface area contributed by atoms with Gasteiger partial charge in [0.1, 0.15) is 0 Å². The fraction of sp³-hybridized carbons (Fsp3) is 0.250. The number of carbonyl (C=O) groups is 2. The van der Waals surface area contributed by atoms with Crippen LogP contribution in [0.3, 0.4) is 0 Å². The van der Waals surface area contributed by atoms with Crippen LogP contribution in [0.5, 0.6) is 0 Å². The molecule has 0 aliphatic rings. The molecular formula is C20H22ClN3O2. The zero-order valence-corrected chi connectivity index (χ0v) is 15.9. The lowest BCUT2D eigenvalue weighted by molar-refractivity contribution is -0.124. The van der Waals surface area contributed by atoms with E-state index in [-0.39, 0.29) is 24.7 Å². The van der Waals surface area contributed by atoms with E-state index in [1.165, 1.54) is 0 Å². The standard InChI is InChI=1S/C20H22ClN3O2/c1-13-4-9-18(14(2)12-13)22-19(25)10-11-20(26)24-23-15(3)16-5-7-17(21)8-6-16/h4-9,12H,10-11H2,1-3H3,(H,22,25)(H,24,26). The number of benzene rings is 2. The number of aryl methyl sites for hydroxylation is 2. The molecule has 0 unspecified atom stereocenters. The summed E-state index contributed by atoms with van der Waals surface area (Å²) in [6.45, 7) is 5.72. The van der Waals surface area contributed by atoms with E-state index in [1.54, 1.807) is 19.1 Å². The first kappa shape index (κ1) is 19.7. The van der Waals surface area contributed by atoms with E-state index in [2.05, 4.69) is 15.8 Å². The van der Waals surface area contributed by atoms with Gasteiger partial charge in [0, 0.05) is 23.6 Å². The van der Waals surface area contributed by atoms with Crippen LogP contribution < -0.4 is 10.7 Å². The molecule has 26 heavy (non-hydrogen) atoms. The van der Waals surface area contributed by atoms with Gasteiger partial charge in [0.15, 0.2) is 0 Å². The summed E-state index contributed by atoms with van der Waals surface area (Å²) in [5.74, 6) is -0.514. The number of amides is 2. The highest BCUT2D eigenvalue weighted by Gasteiger charge is 2.08. The highest BCUT2D eigenvalue weighted by Crippen LogP contribution is 2.16. The number of nitrogens with one attached hydrogen (secondary N) is 2. The Balaban J connectivity index is 1.81. The summed E-state index contributed by atoms with van der Waals surface area (Å²) >= 11 is 5.84. The molecule has 0 aromatic heterocycles. The van der Waals surface area contributed by atoms with Gasteiger partial charge in [0.25, 0.3) is 0 Å². The number of halogens is 1. The van der Waals surface area contributed by atoms with Crippen LogP contribution in [0.2, 0.25) is 5.02 Å². The Morgan fingerprint density at radius 1 is 1.00 bits per heavy atom. The molecule has 0 spiro atoms. The minimum atomic E-state index is -0.311. The summed E-state index contributed by atoms with van der Waals surface area (Å²) < 4.78 is 0. The highest BCUT2D eigenvalue weighted by atomic mass is 35.5. The largest absolute Gasteiger partial charge is 0.326 e. The predicted octanol–water partition coefficient (Wildman–Crippen LogP) is 4.22. The van der Waals surface area contributed by atoms with Crippen LogP contribution in [-0.2, 0) is 9.59 Å². The zero-order chi connectivity index (χ0) is 19.1. The third-order valence-electron chi connectivity index (χ3n) is 3.85. The molecule has 6 heteroatoms. The Morgan fingerprint density at radius 2 is 1.65 bits per heavy atom. The topological polar surface area (TPSA) is 70.6 Å². The minimum absolute atomic E-state index is 0.0636. The van der Waals surface area contributed by atoms with Gasteiger partial charge in [-0.25, -0.2) is 5.43 Å². The lowest BCUT2D eigenvalue weighted by atomic mass is 10.1. The van der Waals surface area contributed by atoms with Gasteiger partial charge in [-0.2, -0.15) is 5.10 Å². The van der Waals surface area contributed by atoms with E-state index in [4.69, 9.17) is 11.6 Å². The maximum absolute atomic E-state index is 12.0. The lowest BCUT2D eigenvalue weighted by Gasteiger charge is -2.09. The molecule has 0 heterocycles. The molecule has 0 aliphatic carbocycles. The Labute approximate surface area is 158 Å². The molecule has 2 rings (SSSR count). The van der Waals surface area contributed by atoms with Gasteiger partial charge in [-0.05, 0) is 50.1 Å². The first-order chi connectivity index (χ1) is 12.3. The van der Waals surface area contributed by atoms with E-state index >= 15 is 0 Å². The van der Waals surface area contributed by atoms with Crippen molar-refractivity contribution in [2.24, 2.45) is 5.10 Å². The normalized spacial score (nSPS) is 11.2. The fourth-order valence-corrected chi connectivity index (χ4v) is 2.48. The van der Waals surface area contributed by atoms with Gasteiger partial charge < -0.3 is 5.32 Å². The first-order valence-corrected chi connectivity index (χ1v) is 8.69. The van der Waals surface area contributed by atoms with Crippen molar-refractivity contribution in [2.45, 2.75) is 33.6 Å². The average Bonchev–Trinajstić information content (AvgIpc) is 2.61. The van der Waals surface area contributed by atoms with Gasteiger partial charge in [0.05, 0.1) is 5.71 Å². The molecule has 0 fully saturated rings. The second-order valence-corrected chi connectivity index (χ2v) is 6.54. The van der Waals surface area contributed by atoms with Crippen LogP contribution in [0, 0.1) is 13.8 Å². The van der Waals surface area contributed by atoms with Gasteiger partial charge in [0.2, 0.25) is 11.8 Å². The number of nitrogens with zero attached hydrogens (tertiary/aromatic N) is 1. The Hall–Kier alpha value is -2.66. The minimum Gasteiger partial charge on any atom is -0.326 e. The summed E-state index contributed by atoms with van der Waals surface area (Å²) in [4.78, 5) is 23.9. The molecule has 0 aliphatic heterocycles. The van der Waals surface area contributed by atoms with Gasteiger partial charge in [-0.3, -0.25) is 9.59 Å². The van der Waals surface area contributed by atoms with E-state index in [9.17, 15) is 9.59 Å². The predicted molar refractivity (Wildman–Crippen MR) is 106 cm³/mol. The SMILES string of the molecule is CC(=NNC(=O)CCC(=O)Nc1ccc(C)cc1C)c1ccc(Cl)cc1. The van der Waals surface area contributed by atoms with Crippen LogP contribution in [0.1, 0.15) is 36.5 Å².